The molecule has 1 fully saturated rings. The maximum atomic E-state index is 9.44. The van der Waals surface area contributed by atoms with Crippen LogP contribution in [0.5, 0.6) is 0 Å². The third-order valence-corrected chi connectivity index (χ3v) is 4.21. The molecule has 0 unspecified atom stereocenters. The van der Waals surface area contributed by atoms with Crippen molar-refractivity contribution >= 4 is 0 Å². The van der Waals surface area contributed by atoms with Crippen LogP contribution in [0.3, 0.4) is 0 Å². The van der Waals surface area contributed by atoms with Gasteiger partial charge in [-0.05, 0) is 30.2 Å². The van der Waals surface area contributed by atoms with Gasteiger partial charge in [-0.15, -0.1) is 0 Å². The monoisotopic (exact) mass is 234 g/mol. The maximum Gasteiger partial charge on any atom is 0.0559 e. The van der Waals surface area contributed by atoms with E-state index in [0.717, 1.165) is 19.4 Å². The van der Waals surface area contributed by atoms with Gasteiger partial charge in [-0.3, -0.25) is 0 Å². The van der Waals surface area contributed by atoms with Crippen LogP contribution in [0.1, 0.15) is 25.3 Å². The van der Waals surface area contributed by atoms with Gasteiger partial charge in [0.25, 0.3) is 0 Å². The van der Waals surface area contributed by atoms with Crippen LogP contribution < -0.4 is 0 Å². The molecule has 1 N–H and O–H groups in total. The lowest BCUT2D eigenvalue weighted by Gasteiger charge is -2.29. The molecule has 0 aliphatic heterocycles. The first-order valence-corrected chi connectivity index (χ1v) is 6.37. The van der Waals surface area contributed by atoms with Crippen LogP contribution >= 0.6 is 0 Å². The first kappa shape index (κ1) is 12.6. The fourth-order valence-electron chi connectivity index (χ4n) is 3.32. The van der Waals surface area contributed by atoms with Crippen LogP contribution in [-0.2, 0) is 10.2 Å². The van der Waals surface area contributed by atoms with Gasteiger partial charge in [-0.2, -0.15) is 0 Å². The lowest BCUT2D eigenvalue weighted by atomic mass is 9.78. The fourth-order valence-corrected chi connectivity index (χ4v) is 3.32. The van der Waals surface area contributed by atoms with Crippen LogP contribution in [0, 0.1) is 11.8 Å². The topological polar surface area (TPSA) is 29.5 Å². The summed E-state index contributed by atoms with van der Waals surface area (Å²) >= 11 is 0. The number of methoxy groups -OCH3 is 1. The molecule has 17 heavy (non-hydrogen) atoms. The number of rotatable bonds is 4. The second-order valence-corrected chi connectivity index (χ2v) is 5.41. The quantitative estimate of drug-likeness (QED) is 0.867. The Kier molecular flexibility index (Phi) is 3.85. The normalized spacial score (nSPS) is 32.9. The molecule has 0 heterocycles. The third-order valence-electron chi connectivity index (χ3n) is 4.21. The third kappa shape index (κ3) is 2.38. The highest BCUT2D eigenvalue weighted by molar-refractivity contribution is 5.27. The molecule has 3 atom stereocenters. The van der Waals surface area contributed by atoms with E-state index in [9.17, 15) is 5.11 Å². The van der Waals surface area contributed by atoms with E-state index >= 15 is 0 Å². The highest BCUT2D eigenvalue weighted by atomic mass is 16.5. The summed E-state index contributed by atoms with van der Waals surface area (Å²) in [6.45, 7) is 3.28. The van der Waals surface area contributed by atoms with Gasteiger partial charge in [0.1, 0.15) is 0 Å². The van der Waals surface area contributed by atoms with Crippen LogP contribution in [0.2, 0.25) is 0 Å². The Morgan fingerprint density at radius 1 is 1.29 bits per heavy atom. The number of benzene rings is 1. The molecular formula is C15H22O2. The fraction of sp³-hybridized carbons (Fsp3) is 0.600. The zero-order valence-electron chi connectivity index (χ0n) is 10.7. The van der Waals surface area contributed by atoms with E-state index in [1.54, 1.807) is 7.11 Å². The molecule has 1 saturated carbocycles. The Morgan fingerprint density at radius 3 is 2.53 bits per heavy atom. The smallest absolute Gasteiger partial charge is 0.0559 e. The summed E-state index contributed by atoms with van der Waals surface area (Å²) in [4.78, 5) is 0. The average molecular weight is 234 g/mol. The molecular weight excluding hydrogens is 212 g/mol. The Morgan fingerprint density at radius 2 is 2.00 bits per heavy atom. The van der Waals surface area contributed by atoms with Crippen molar-refractivity contribution in [3.8, 4) is 0 Å². The lowest BCUT2D eigenvalue weighted by Crippen LogP contribution is -2.29. The van der Waals surface area contributed by atoms with E-state index in [-0.39, 0.29) is 5.41 Å². The summed E-state index contributed by atoms with van der Waals surface area (Å²) in [7, 11) is 1.77. The van der Waals surface area contributed by atoms with Gasteiger partial charge in [0, 0.05) is 19.1 Å². The van der Waals surface area contributed by atoms with Crippen LogP contribution in [0.25, 0.3) is 0 Å². The molecule has 0 saturated heterocycles. The lowest BCUT2D eigenvalue weighted by molar-refractivity contribution is 0.125. The second kappa shape index (κ2) is 5.19. The number of hydrogen-bond donors (Lipinski definition) is 1. The highest BCUT2D eigenvalue weighted by Gasteiger charge is 2.44. The average Bonchev–Trinajstić information content (AvgIpc) is 2.68. The minimum absolute atomic E-state index is 0.100. The zero-order chi connectivity index (χ0) is 12.3. The summed E-state index contributed by atoms with van der Waals surface area (Å²) in [5, 5.41) is 9.44. The minimum Gasteiger partial charge on any atom is -0.396 e. The van der Waals surface area contributed by atoms with Crippen molar-refractivity contribution in [2.45, 2.75) is 25.2 Å². The van der Waals surface area contributed by atoms with Crippen molar-refractivity contribution in [2.24, 2.45) is 11.8 Å². The van der Waals surface area contributed by atoms with Crippen molar-refractivity contribution in [1.29, 1.82) is 0 Å². The highest BCUT2D eigenvalue weighted by Crippen LogP contribution is 2.47. The molecule has 2 rings (SSSR count). The number of hydrogen-bond acceptors (Lipinski definition) is 2. The number of ether oxygens (including phenoxy) is 1. The van der Waals surface area contributed by atoms with Crippen molar-refractivity contribution in [1.82, 2.24) is 0 Å². The Hall–Kier alpha value is -0.860. The molecule has 1 aromatic carbocycles. The van der Waals surface area contributed by atoms with Crippen molar-refractivity contribution in [3.05, 3.63) is 35.9 Å². The van der Waals surface area contributed by atoms with Crippen molar-refractivity contribution < 1.29 is 9.84 Å². The van der Waals surface area contributed by atoms with E-state index in [0.29, 0.717) is 18.4 Å². The summed E-state index contributed by atoms with van der Waals surface area (Å²) in [5.74, 6) is 0.973. The van der Waals surface area contributed by atoms with Crippen LogP contribution in [0.15, 0.2) is 30.3 Å². The zero-order valence-corrected chi connectivity index (χ0v) is 10.7. The summed E-state index contributed by atoms with van der Waals surface area (Å²) in [6, 6.07) is 10.6. The molecule has 0 radical (unpaired) electrons. The summed E-state index contributed by atoms with van der Waals surface area (Å²) in [6.07, 6.45) is 2.14. The predicted molar refractivity (Wildman–Crippen MR) is 69.0 cm³/mol. The van der Waals surface area contributed by atoms with Gasteiger partial charge >= 0.3 is 0 Å². The Labute approximate surface area is 104 Å². The number of aliphatic hydroxyl groups is 1. The summed E-state index contributed by atoms with van der Waals surface area (Å²) in [5.41, 5.74) is 1.45. The minimum atomic E-state index is 0.100. The SMILES string of the molecule is COC[C@@]1(c2ccccc2)C[C@H](CO)[C@@H](C)C1. The van der Waals surface area contributed by atoms with Gasteiger partial charge in [-0.1, -0.05) is 37.3 Å². The van der Waals surface area contributed by atoms with E-state index < -0.39 is 0 Å². The van der Waals surface area contributed by atoms with Gasteiger partial charge < -0.3 is 9.84 Å². The Bertz CT molecular complexity index is 349. The van der Waals surface area contributed by atoms with Gasteiger partial charge in [-0.25, -0.2) is 0 Å². The molecule has 94 valence electrons. The molecule has 1 aliphatic rings. The molecule has 0 spiro atoms. The molecule has 2 heteroatoms. The molecule has 1 aromatic rings. The predicted octanol–water partition coefficient (Wildman–Crippen LogP) is 2.61. The van der Waals surface area contributed by atoms with Gasteiger partial charge in [0.05, 0.1) is 6.61 Å². The standard InChI is InChI=1S/C15H22O2/c1-12-8-15(11-17-2,9-13(12)10-16)14-6-4-3-5-7-14/h3-7,12-13,16H,8-11H2,1-2H3/t12-,13+,15-/m0/s1. The number of aliphatic hydroxyl groups excluding tert-OH is 1. The molecule has 1 aliphatic carbocycles. The Balaban J connectivity index is 2.29. The first-order valence-electron chi connectivity index (χ1n) is 6.37. The largest absolute Gasteiger partial charge is 0.396 e. The van der Waals surface area contributed by atoms with E-state index in [2.05, 4.69) is 31.2 Å². The first-order chi connectivity index (χ1) is 8.22. The van der Waals surface area contributed by atoms with Crippen LogP contribution in [-0.4, -0.2) is 25.4 Å². The molecule has 0 bridgehead atoms. The van der Waals surface area contributed by atoms with Gasteiger partial charge in [0.15, 0.2) is 0 Å². The van der Waals surface area contributed by atoms with Crippen molar-refractivity contribution in [2.75, 3.05) is 20.3 Å². The second-order valence-electron chi connectivity index (χ2n) is 5.41. The summed E-state index contributed by atoms with van der Waals surface area (Å²) < 4.78 is 5.44. The van der Waals surface area contributed by atoms with E-state index in [1.807, 2.05) is 6.07 Å². The van der Waals surface area contributed by atoms with Crippen LogP contribution in [0.4, 0.5) is 0 Å². The van der Waals surface area contributed by atoms with Gasteiger partial charge in [0.2, 0.25) is 0 Å². The molecule has 2 nitrogen and oxygen atoms in total. The van der Waals surface area contributed by atoms with E-state index in [1.165, 1.54) is 5.56 Å². The van der Waals surface area contributed by atoms with E-state index in [4.69, 9.17) is 4.74 Å². The molecule has 0 aromatic heterocycles. The maximum absolute atomic E-state index is 9.44. The molecule has 0 amide bonds. The van der Waals surface area contributed by atoms with Crippen molar-refractivity contribution in [3.63, 3.8) is 0 Å².